The first kappa shape index (κ1) is 13.8. The van der Waals surface area contributed by atoms with Crippen molar-refractivity contribution < 1.29 is 0 Å². The molecule has 0 spiro atoms. The molecule has 1 aromatic rings. The number of hydrogen-bond donors (Lipinski definition) is 1. The Morgan fingerprint density at radius 1 is 0.947 bits per heavy atom. The number of anilines is 1. The Balaban J connectivity index is 1.76. The fraction of sp³-hybridized carbons (Fsp3) is 0.571. The fourth-order valence-corrected chi connectivity index (χ4v) is 3.85. The van der Waals surface area contributed by atoms with Gasteiger partial charge >= 0.3 is 0 Å². The quantitative estimate of drug-likeness (QED) is 0.796. The molecule has 5 heteroatoms. The van der Waals surface area contributed by atoms with Gasteiger partial charge in [0.1, 0.15) is 0 Å². The van der Waals surface area contributed by atoms with E-state index >= 15 is 0 Å². The van der Waals surface area contributed by atoms with Crippen LogP contribution in [-0.4, -0.2) is 30.1 Å². The van der Waals surface area contributed by atoms with Crippen molar-refractivity contribution in [1.82, 2.24) is 4.90 Å². The zero-order chi connectivity index (χ0) is 13.4. The molecule has 2 unspecified atom stereocenters. The summed E-state index contributed by atoms with van der Waals surface area (Å²) in [5.74, 6) is 0. The van der Waals surface area contributed by atoms with E-state index in [1.807, 2.05) is 6.07 Å². The van der Waals surface area contributed by atoms with E-state index in [0.717, 1.165) is 5.69 Å². The summed E-state index contributed by atoms with van der Waals surface area (Å²) >= 11 is 18.3. The van der Waals surface area contributed by atoms with Crippen LogP contribution in [0.2, 0.25) is 15.1 Å². The van der Waals surface area contributed by atoms with Crippen molar-refractivity contribution in [3.63, 3.8) is 0 Å². The number of hydrogen-bond acceptors (Lipinski definition) is 2. The van der Waals surface area contributed by atoms with Gasteiger partial charge in [0.25, 0.3) is 0 Å². The molecule has 0 bridgehead atoms. The third-order valence-electron chi connectivity index (χ3n) is 4.21. The zero-order valence-corrected chi connectivity index (χ0v) is 12.9. The molecule has 3 rings (SSSR count). The van der Waals surface area contributed by atoms with Gasteiger partial charge in [0.15, 0.2) is 0 Å². The lowest BCUT2D eigenvalue weighted by atomic mass is 9.99. The Kier molecular flexibility index (Phi) is 4.14. The van der Waals surface area contributed by atoms with Crippen molar-refractivity contribution in [3.8, 4) is 0 Å². The van der Waals surface area contributed by atoms with Crippen LogP contribution in [-0.2, 0) is 0 Å². The lowest BCUT2D eigenvalue weighted by Crippen LogP contribution is -2.41. The van der Waals surface area contributed by atoms with E-state index in [1.54, 1.807) is 6.07 Å². The van der Waals surface area contributed by atoms with Gasteiger partial charge < -0.3 is 5.32 Å². The number of fused-ring (bicyclic) bond motifs is 1. The highest BCUT2D eigenvalue weighted by molar-refractivity contribution is 6.44. The monoisotopic (exact) mass is 318 g/mol. The Morgan fingerprint density at radius 3 is 2.58 bits per heavy atom. The molecule has 0 radical (unpaired) electrons. The van der Waals surface area contributed by atoms with Crippen molar-refractivity contribution in [2.45, 2.75) is 37.8 Å². The van der Waals surface area contributed by atoms with Gasteiger partial charge in [-0.1, -0.05) is 41.2 Å². The highest BCUT2D eigenvalue weighted by Gasteiger charge is 2.35. The summed E-state index contributed by atoms with van der Waals surface area (Å²) in [4.78, 5) is 2.59. The van der Waals surface area contributed by atoms with Gasteiger partial charge in [-0.3, -0.25) is 4.90 Å². The number of rotatable bonds is 2. The number of nitrogens with zero attached hydrogens (tertiary/aromatic N) is 1. The molecule has 2 fully saturated rings. The normalized spacial score (nSPS) is 27.3. The molecule has 0 amide bonds. The maximum absolute atomic E-state index is 6.24. The third-order valence-corrected chi connectivity index (χ3v) is 5.24. The number of halogens is 3. The van der Waals surface area contributed by atoms with Crippen LogP contribution in [0.1, 0.15) is 25.7 Å². The fourth-order valence-electron chi connectivity index (χ4n) is 3.25. The van der Waals surface area contributed by atoms with Crippen LogP contribution in [0.3, 0.4) is 0 Å². The topological polar surface area (TPSA) is 15.3 Å². The molecular weight excluding hydrogens is 303 g/mol. The predicted octanol–water partition coefficient (Wildman–Crippen LogP) is 4.69. The minimum atomic E-state index is 0.468. The molecule has 0 aliphatic carbocycles. The Morgan fingerprint density at radius 2 is 1.74 bits per heavy atom. The van der Waals surface area contributed by atoms with Crippen molar-refractivity contribution in [2.24, 2.45) is 0 Å². The molecule has 0 saturated carbocycles. The molecule has 2 atom stereocenters. The summed E-state index contributed by atoms with van der Waals surface area (Å²) in [5.41, 5.74) is 0.897. The molecule has 2 aliphatic heterocycles. The van der Waals surface area contributed by atoms with Crippen molar-refractivity contribution in [3.05, 3.63) is 27.2 Å². The van der Waals surface area contributed by atoms with Gasteiger partial charge in [-0.15, -0.1) is 0 Å². The van der Waals surface area contributed by atoms with E-state index < -0.39 is 0 Å². The molecule has 2 heterocycles. The molecule has 2 nitrogen and oxygen atoms in total. The standard InChI is InChI=1S/C14H17Cl3N2/c15-9-7-11(17)13(8-10(9)16)18-12-4-6-19-5-2-1-3-14(12)19/h7-8,12,14,18H,1-6H2. The molecular formula is C14H17Cl3N2. The first-order valence-electron chi connectivity index (χ1n) is 6.80. The molecule has 1 N–H and O–H groups in total. The minimum Gasteiger partial charge on any atom is -0.379 e. The summed E-state index contributed by atoms with van der Waals surface area (Å²) in [6.45, 7) is 2.42. The number of nitrogens with one attached hydrogen (secondary N) is 1. The van der Waals surface area contributed by atoms with Gasteiger partial charge in [0.2, 0.25) is 0 Å². The van der Waals surface area contributed by atoms with E-state index in [-0.39, 0.29) is 0 Å². The van der Waals surface area contributed by atoms with E-state index in [9.17, 15) is 0 Å². The first-order valence-corrected chi connectivity index (χ1v) is 7.93. The summed E-state index contributed by atoms with van der Waals surface area (Å²) in [5, 5.41) is 5.25. The van der Waals surface area contributed by atoms with Crippen LogP contribution < -0.4 is 5.32 Å². The Hall–Kier alpha value is -0.150. The lowest BCUT2D eigenvalue weighted by Gasteiger charge is -2.33. The van der Waals surface area contributed by atoms with E-state index in [1.165, 1.54) is 38.8 Å². The van der Waals surface area contributed by atoms with E-state index in [4.69, 9.17) is 34.8 Å². The molecule has 2 aliphatic rings. The number of benzene rings is 1. The third kappa shape index (κ3) is 2.82. The van der Waals surface area contributed by atoms with Crippen molar-refractivity contribution >= 4 is 40.5 Å². The lowest BCUT2D eigenvalue weighted by molar-refractivity contribution is 0.193. The van der Waals surface area contributed by atoms with Crippen LogP contribution in [0.15, 0.2) is 12.1 Å². The van der Waals surface area contributed by atoms with E-state index in [2.05, 4.69) is 10.2 Å². The smallest absolute Gasteiger partial charge is 0.0653 e. The highest BCUT2D eigenvalue weighted by Crippen LogP contribution is 2.35. The molecule has 1 aromatic carbocycles. The highest BCUT2D eigenvalue weighted by atomic mass is 35.5. The SMILES string of the molecule is Clc1cc(Cl)c(NC2CCN3CCCCC23)cc1Cl. The maximum Gasteiger partial charge on any atom is 0.0653 e. The summed E-state index contributed by atoms with van der Waals surface area (Å²) in [7, 11) is 0. The van der Waals surface area contributed by atoms with Crippen LogP contribution in [0, 0.1) is 0 Å². The Bertz CT molecular complexity index is 478. The van der Waals surface area contributed by atoms with Crippen LogP contribution in [0.25, 0.3) is 0 Å². The van der Waals surface area contributed by atoms with Crippen molar-refractivity contribution in [1.29, 1.82) is 0 Å². The van der Waals surface area contributed by atoms with Crippen LogP contribution >= 0.6 is 34.8 Å². The van der Waals surface area contributed by atoms with Gasteiger partial charge in [0, 0.05) is 18.6 Å². The van der Waals surface area contributed by atoms with Crippen LogP contribution in [0.4, 0.5) is 5.69 Å². The molecule has 2 saturated heterocycles. The largest absolute Gasteiger partial charge is 0.379 e. The second-order valence-electron chi connectivity index (χ2n) is 5.38. The second-order valence-corrected chi connectivity index (χ2v) is 6.61. The average Bonchev–Trinajstić information content (AvgIpc) is 2.80. The maximum atomic E-state index is 6.24. The Labute approximate surface area is 129 Å². The van der Waals surface area contributed by atoms with E-state index in [0.29, 0.717) is 27.2 Å². The molecule has 104 valence electrons. The number of piperidine rings is 1. The zero-order valence-electron chi connectivity index (χ0n) is 10.6. The van der Waals surface area contributed by atoms with Gasteiger partial charge in [-0.25, -0.2) is 0 Å². The van der Waals surface area contributed by atoms with Gasteiger partial charge in [0.05, 0.1) is 20.8 Å². The second kappa shape index (κ2) is 5.69. The van der Waals surface area contributed by atoms with Gasteiger partial charge in [-0.2, -0.15) is 0 Å². The average molecular weight is 320 g/mol. The molecule has 19 heavy (non-hydrogen) atoms. The van der Waals surface area contributed by atoms with Crippen molar-refractivity contribution in [2.75, 3.05) is 18.4 Å². The minimum absolute atomic E-state index is 0.468. The van der Waals surface area contributed by atoms with Gasteiger partial charge in [-0.05, 0) is 37.9 Å². The predicted molar refractivity (Wildman–Crippen MR) is 82.7 cm³/mol. The van der Waals surface area contributed by atoms with Crippen LogP contribution in [0.5, 0.6) is 0 Å². The first-order chi connectivity index (χ1) is 9.15. The summed E-state index contributed by atoms with van der Waals surface area (Å²) in [6.07, 6.45) is 5.10. The summed E-state index contributed by atoms with van der Waals surface area (Å²) < 4.78 is 0. The summed E-state index contributed by atoms with van der Waals surface area (Å²) in [6, 6.07) is 4.65. The molecule has 0 aromatic heterocycles.